The van der Waals surface area contributed by atoms with E-state index >= 15 is 0 Å². The lowest BCUT2D eigenvalue weighted by Gasteiger charge is -2.23. The summed E-state index contributed by atoms with van der Waals surface area (Å²) in [6.07, 6.45) is 0. The van der Waals surface area contributed by atoms with E-state index < -0.39 is 17.4 Å². The Balaban J connectivity index is 2.92. The zero-order valence-electron chi connectivity index (χ0n) is 9.79. The normalized spacial score (nSPS) is 12.1. The fraction of sp³-hybridized carbons (Fsp3) is 0.400. The second kappa shape index (κ2) is 4.38. The standard InChI is InChI=1S/C10H19N2OSi2/c1-14(13-15(2,3)4)9-7-5-6-8(11)10(9)12/h5-7H,11-12H2,1-4H3. The van der Waals surface area contributed by atoms with Crippen LogP contribution in [0.1, 0.15) is 0 Å². The number of rotatable bonds is 3. The van der Waals surface area contributed by atoms with Crippen LogP contribution in [0.2, 0.25) is 26.2 Å². The Hall–Kier alpha value is -0.786. The van der Waals surface area contributed by atoms with Gasteiger partial charge in [-0.3, -0.25) is 0 Å². The van der Waals surface area contributed by atoms with Crippen LogP contribution in [0.25, 0.3) is 0 Å². The molecule has 1 aromatic carbocycles. The second-order valence-electron chi connectivity index (χ2n) is 4.58. The SMILES string of the molecule is C[Si](O[Si](C)(C)C)c1cccc(N)c1N. The molecule has 0 atom stereocenters. The second-order valence-corrected chi connectivity index (χ2v) is 11.3. The molecule has 0 heterocycles. The summed E-state index contributed by atoms with van der Waals surface area (Å²) >= 11 is 0. The molecule has 1 radical (unpaired) electrons. The van der Waals surface area contributed by atoms with Gasteiger partial charge in [0, 0.05) is 0 Å². The van der Waals surface area contributed by atoms with Crippen LogP contribution >= 0.6 is 0 Å². The van der Waals surface area contributed by atoms with Gasteiger partial charge in [-0.25, -0.2) is 0 Å². The summed E-state index contributed by atoms with van der Waals surface area (Å²) in [4.78, 5) is 0. The molecule has 0 saturated heterocycles. The summed E-state index contributed by atoms with van der Waals surface area (Å²) in [5, 5.41) is 1.09. The summed E-state index contributed by atoms with van der Waals surface area (Å²) in [6.45, 7) is 8.67. The Bertz CT molecular complexity index is 350. The minimum atomic E-state index is -1.49. The molecule has 0 aliphatic carbocycles. The number of anilines is 2. The van der Waals surface area contributed by atoms with E-state index in [-0.39, 0.29) is 0 Å². The Morgan fingerprint density at radius 3 is 2.33 bits per heavy atom. The molecule has 0 unspecified atom stereocenters. The van der Waals surface area contributed by atoms with Gasteiger partial charge in [0.15, 0.2) is 8.32 Å². The van der Waals surface area contributed by atoms with E-state index in [9.17, 15) is 0 Å². The molecule has 3 nitrogen and oxygen atoms in total. The predicted molar refractivity (Wildman–Crippen MR) is 70.9 cm³/mol. The van der Waals surface area contributed by atoms with Gasteiger partial charge in [0.2, 0.25) is 9.04 Å². The first kappa shape index (κ1) is 12.3. The molecule has 15 heavy (non-hydrogen) atoms. The smallest absolute Gasteiger partial charge is 0.233 e. The van der Waals surface area contributed by atoms with Crippen LogP contribution in [0, 0.1) is 0 Å². The Morgan fingerprint density at radius 2 is 1.80 bits per heavy atom. The van der Waals surface area contributed by atoms with Gasteiger partial charge < -0.3 is 15.6 Å². The molecule has 0 saturated carbocycles. The molecule has 83 valence electrons. The average Bonchev–Trinajstić information content (AvgIpc) is 2.06. The number of benzene rings is 1. The zero-order valence-corrected chi connectivity index (χ0v) is 11.8. The molecule has 0 bridgehead atoms. The van der Waals surface area contributed by atoms with Gasteiger partial charge in [-0.05, 0) is 37.4 Å². The number of hydrogen-bond donors (Lipinski definition) is 2. The number of hydrogen-bond acceptors (Lipinski definition) is 3. The van der Waals surface area contributed by atoms with Gasteiger partial charge in [0.05, 0.1) is 11.4 Å². The van der Waals surface area contributed by atoms with Crippen LogP contribution in [0.4, 0.5) is 11.4 Å². The van der Waals surface area contributed by atoms with Crippen molar-refractivity contribution in [2.75, 3.05) is 11.5 Å². The summed E-state index contributed by atoms with van der Waals surface area (Å²) in [7, 11) is -2.51. The maximum atomic E-state index is 6.06. The minimum absolute atomic E-state index is 0.649. The van der Waals surface area contributed by atoms with E-state index in [0.29, 0.717) is 11.4 Å². The molecule has 1 rings (SSSR count). The van der Waals surface area contributed by atoms with Gasteiger partial charge in [0.25, 0.3) is 0 Å². The van der Waals surface area contributed by atoms with Crippen LogP contribution in [0.3, 0.4) is 0 Å². The quantitative estimate of drug-likeness (QED) is 0.621. The molecule has 0 aliphatic rings. The molecular formula is C10H19N2OSi2. The van der Waals surface area contributed by atoms with Crippen molar-refractivity contribution in [3.05, 3.63) is 18.2 Å². The van der Waals surface area contributed by atoms with E-state index in [4.69, 9.17) is 15.6 Å². The third-order valence-electron chi connectivity index (χ3n) is 1.98. The van der Waals surface area contributed by atoms with E-state index in [1.807, 2.05) is 18.2 Å². The summed E-state index contributed by atoms with van der Waals surface area (Å²) in [5.74, 6) is 0. The highest BCUT2D eigenvalue weighted by molar-refractivity contribution is 6.82. The molecule has 0 spiro atoms. The van der Waals surface area contributed by atoms with Crippen molar-refractivity contribution in [3.8, 4) is 0 Å². The van der Waals surface area contributed by atoms with Crippen molar-refractivity contribution >= 4 is 33.9 Å². The van der Waals surface area contributed by atoms with E-state index in [1.54, 1.807) is 0 Å². The van der Waals surface area contributed by atoms with Crippen LogP contribution < -0.4 is 16.7 Å². The summed E-state index contributed by atoms with van der Waals surface area (Å²) < 4.78 is 6.06. The Kier molecular flexibility index (Phi) is 3.59. The Morgan fingerprint density at radius 1 is 1.20 bits per heavy atom. The highest BCUT2D eigenvalue weighted by Crippen LogP contribution is 2.13. The lowest BCUT2D eigenvalue weighted by atomic mass is 10.3. The monoisotopic (exact) mass is 239 g/mol. The first-order chi connectivity index (χ1) is 6.81. The van der Waals surface area contributed by atoms with Crippen LogP contribution in [0.15, 0.2) is 18.2 Å². The van der Waals surface area contributed by atoms with Crippen LogP contribution in [0.5, 0.6) is 0 Å². The first-order valence-electron chi connectivity index (χ1n) is 4.98. The fourth-order valence-electron chi connectivity index (χ4n) is 1.40. The van der Waals surface area contributed by atoms with E-state index in [2.05, 4.69) is 26.2 Å². The van der Waals surface area contributed by atoms with E-state index in [1.165, 1.54) is 0 Å². The molecule has 0 aliphatic heterocycles. The number of para-hydroxylation sites is 1. The lowest BCUT2D eigenvalue weighted by molar-refractivity contribution is 0.589. The first-order valence-corrected chi connectivity index (χ1v) is 10.3. The van der Waals surface area contributed by atoms with Crippen molar-refractivity contribution in [3.63, 3.8) is 0 Å². The largest absolute Gasteiger partial charge is 0.453 e. The molecule has 0 amide bonds. The van der Waals surface area contributed by atoms with Crippen molar-refractivity contribution in [1.82, 2.24) is 0 Å². The minimum Gasteiger partial charge on any atom is -0.453 e. The van der Waals surface area contributed by atoms with Gasteiger partial charge in [0.1, 0.15) is 0 Å². The van der Waals surface area contributed by atoms with Crippen molar-refractivity contribution < 1.29 is 4.12 Å². The Labute approximate surface area is 94.3 Å². The maximum Gasteiger partial charge on any atom is 0.233 e. The third kappa shape index (κ3) is 3.37. The van der Waals surface area contributed by atoms with Gasteiger partial charge in [-0.15, -0.1) is 0 Å². The summed E-state index contributed by atoms with van der Waals surface area (Å²) in [6, 6.07) is 5.77. The molecule has 5 heteroatoms. The van der Waals surface area contributed by atoms with E-state index in [0.717, 1.165) is 5.19 Å². The highest BCUT2D eigenvalue weighted by atomic mass is 28.4. The third-order valence-corrected chi connectivity index (χ3v) is 6.85. The lowest BCUT2D eigenvalue weighted by Crippen LogP contribution is -2.41. The van der Waals surface area contributed by atoms with Crippen molar-refractivity contribution in [2.45, 2.75) is 26.2 Å². The van der Waals surface area contributed by atoms with Gasteiger partial charge in [-0.2, -0.15) is 0 Å². The predicted octanol–water partition coefficient (Wildman–Crippen LogP) is 1.53. The highest BCUT2D eigenvalue weighted by Gasteiger charge is 2.22. The van der Waals surface area contributed by atoms with Gasteiger partial charge >= 0.3 is 0 Å². The molecular weight excluding hydrogens is 220 g/mol. The molecule has 0 fully saturated rings. The molecule has 0 aromatic heterocycles. The molecule has 4 N–H and O–H groups in total. The topological polar surface area (TPSA) is 61.3 Å². The van der Waals surface area contributed by atoms with Crippen LogP contribution in [-0.2, 0) is 4.12 Å². The maximum absolute atomic E-state index is 6.06. The summed E-state index contributed by atoms with van der Waals surface area (Å²) in [5.41, 5.74) is 13.0. The molecule has 1 aromatic rings. The zero-order chi connectivity index (χ0) is 11.6. The van der Waals surface area contributed by atoms with Crippen molar-refractivity contribution in [1.29, 1.82) is 0 Å². The van der Waals surface area contributed by atoms with Crippen LogP contribution in [-0.4, -0.2) is 17.4 Å². The van der Waals surface area contributed by atoms with Gasteiger partial charge in [-0.1, -0.05) is 12.1 Å². The average molecular weight is 239 g/mol. The number of nitrogens with two attached hydrogens (primary N) is 2. The number of nitrogen functional groups attached to an aromatic ring is 2. The fourth-order valence-corrected chi connectivity index (χ4v) is 6.37. The van der Waals surface area contributed by atoms with Crippen molar-refractivity contribution in [2.24, 2.45) is 0 Å².